The number of aromatic nitrogens is 2. The zero-order valence-corrected chi connectivity index (χ0v) is 27.5. The van der Waals surface area contributed by atoms with E-state index in [9.17, 15) is 0 Å². The molecular formula is C37H73N2+. The molecular weight excluding hydrogens is 472 g/mol. The highest BCUT2D eigenvalue weighted by atomic mass is 15.1. The van der Waals surface area contributed by atoms with Gasteiger partial charge in [0.15, 0.2) is 0 Å². The Balaban J connectivity index is 2.24. The van der Waals surface area contributed by atoms with Crippen molar-refractivity contribution in [3.05, 3.63) is 18.2 Å². The molecule has 0 spiro atoms. The number of unbranched alkanes of at least 4 members (excludes halogenated alkanes) is 25. The molecule has 2 heteroatoms. The zero-order chi connectivity index (χ0) is 28.1. The lowest BCUT2D eigenvalue weighted by molar-refractivity contribution is -0.704. The van der Waals surface area contributed by atoms with E-state index in [1.54, 1.807) is 5.82 Å². The Morgan fingerprint density at radius 3 is 1.23 bits per heavy atom. The van der Waals surface area contributed by atoms with Crippen LogP contribution in [0.5, 0.6) is 0 Å². The summed E-state index contributed by atoms with van der Waals surface area (Å²) in [5, 5.41) is 0. The molecule has 0 unspecified atom stereocenters. The van der Waals surface area contributed by atoms with Crippen molar-refractivity contribution < 1.29 is 4.57 Å². The minimum Gasteiger partial charge on any atom is -0.234 e. The Morgan fingerprint density at radius 2 is 0.795 bits per heavy atom. The Bertz CT molecular complexity index is 605. The smallest absolute Gasteiger partial charge is 0.234 e. The molecule has 0 aliphatic heterocycles. The van der Waals surface area contributed by atoms with Crippen molar-refractivity contribution in [2.45, 2.75) is 220 Å². The zero-order valence-electron chi connectivity index (χ0n) is 27.5. The van der Waals surface area contributed by atoms with Crippen LogP contribution in [0.15, 0.2) is 12.4 Å². The van der Waals surface area contributed by atoms with E-state index in [0.29, 0.717) is 0 Å². The van der Waals surface area contributed by atoms with E-state index in [2.05, 4.69) is 42.3 Å². The van der Waals surface area contributed by atoms with Crippen molar-refractivity contribution in [2.75, 3.05) is 0 Å². The lowest BCUT2D eigenvalue weighted by Gasteiger charge is -2.07. The Hall–Kier alpha value is -0.790. The molecule has 0 aromatic carbocycles. The van der Waals surface area contributed by atoms with Gasteiger partial charge in [0.25, 0.3) is 5.82 Å². The van der Waals surface area contributed by atoms with Crippen molar-refractivity contribution in [1.82, 2.24) is 4.57 Å². The second-order valence-electron chi connectivity index (χ2n) is 12.7. The minimum absolute atomic E-state index is 1.23. The molecule has 0 aliphatic rings. The molecule has 0 saturated carbocycles. The second-order valence-corrected chi connectivity index (χ2v) is 12.7. The summed E-state index contributed by atoms with van der Waals surface area (Å²) in [6.45, 7) is 9.40. The lowest BCUT2D eigenvalue weighted by Crippen LogP contribution is -2.37. The summed E-state index contributed by atoms with van der Waals surface area (Å²) >= 11 is 0. The first-order chi connectivity index (χ1) is 19.3. The number of aryl methyl sites for hydroxylation is 2. The van der Waals surface area contributed by atoms with Crippen molar-refractivity contribution in [2.24, 2.45) is 0 Å². The summed E-state index contributed by atoms with van der Waals surface area (Å²) in [5.41, 5.74) is 0. The van der Waals surface area contributed by atoms with Gasteiger partial charge in [0.1, 0.15) is 12.4 Å². The predicted molar refractivity (Wildman–Crippen MR) is 175 cm³/mol. The van der Waals surface area contributed by atoms with E-state index in [-0.39, 0.29) is 0 Å². The van der Waals surface area contributed by atoms with Crippen LogP contribution in [0, 0.1) is 0 Å². The first-order valence-electron chi connectivity index (χ1n) is 18.4. The maximum atomic E-state index is 2.62. The number of imidazole rings is 1. The third-order valence-electron chi connectivity index (χ3n) is 8.85. The molecule has 1 rings (SSSR count). The van der Waals surface area contributed by atoms with Gasteiger partial charge in [-0.25, -0.2) is 9.13 Å². The molecule has 0 bridgehead atoms. The fourth-order valence-electron chi connectivity index (χ4n) is 6.15. The molecule has 2 nitrogen and oxygen atoms in total. The molecule has 0 fully saturated rings. The van der Waals surface area contributed by atoms with Crippen LogP contribution in [0.4, 0.5) is 0 Å². The van der Waals surface area contributed by atoms with Crippen molar-refractivity contribution in [1.29, 1.82) is 0 Å². The first-order valence-corrected chi connectivity index (χ1v) is 18.4. The Kier molecular flexibility index (Phi) is 26.7. The van der Waals surface area contributed by atoms with Crippen LogP contribution in [-0.4, -0.2) is 4.57 Å². The molecule has 0 aliphatic carbocycles. The fourth-order valence-corrected chi connectivity index (χ4v) is 6.15. The van der Waals surface area contributed by atoms with E-state index < -0.39 is 0 Å². The van der Waals surface area contributed by atoms with Crippen LogP contribution in [-0.2, 0) is 19.5 Å². The third kappa shape index (κ3) is 21.6. The van der Waals surface area contributed by atoms with Crippen LogP contribution < -0.4 is 4.57 Å². The molecule has 0 saturated heterocycles. The van der Waals surface area contributed by atoms with Gasteiger partial charge in [-0.1, -0.05) is 168 Å². The average molecular weight is 546 g/mol. The molecule has 1 aromatic rings. The van der Waals surface area contributed by atoms with Gasteiger partial charge in [-0.15, -0.1) is 0 Å². The van der Waals surface area contributed by atoms with Gasteiger partial charge in [-0.05, 0) is 32.1 Å². The van der Waals surface area contributed by atoms with Crippen molar-refractivity contribution in [3.8, 4) is 0 Å². The summed E-state index contributed by atoms with van der Waals surface area (Å²) in [7, 11) is 0. The van der Waals surface area contributed by atoms with E-state index in [0.717, 1.165) is 0 Å². The normalized spacial score (nSPS) is 11.6. The number of hydrogen-bond donors (Lipinski definition) is 0. The maximum Gasteiger partial charge on any atom is 0.256 e. The molecule has 0 radical (unpaired) electrons. The number of nitrogens with zero attached hydrogens (tertiary/aromatic N) is 2. The highest BCUT2D eigenvalue weighted by Gasteiger charge is 2.16. The third-order valence-corrected chi connectivity index (χ3v) is 8.85. The van der Waals surface area contributed by atoms with Crippen LogP contribution >= 0.6 is 0 Å². The average Bonchev–Trinajstić information content (AvgIpc) is 3.33. The fraction of sp³-hybridized carbons (Fsp3) is 0.919. The van der Waals surface area contributed by atoms with Crippen molar-refractivity contribution >= 4 is 0 Å². The highest BCUT2D eigenvalue weighted by molar-refractivity contribution is 4.84. The van der Waals surface area contributed by atoms with Gasteiger partial charge in [0.05, 0.1) is 13.1 Å². The van der Waals surface area contributed by atoms with E-state index in [4.69, 9.17) is 0 Å². The molecule has 0 atom stereocenters. The van der Waals surface area contributed by atoms with Gasteiger partial charge < -0.3 is 0 Å². The van der Waals surface area contributed by atoms with E-state index in [1.165, 1.54) is 199 Å². The number of rotatable bonds is 31. The van der Waals surface area contributed by atoms with Crippen LogP contribution in [0.25, 0.3) is 0 Å². The summed E-state index contributed by atoms with van der Waals surface area (Å²) in [4.78, 5) is 0. The van der Waals surface area contributed by atoms with Gasteiger partial charge in [-0.2, -0.15) is 0 Å². The van der Waals surface area contributed by atoms with Gasteiger partial charge >= 0.3 is 0 Å². The van der Waals surface area contributed by atoms with Crippen LogP contribution in [0.1, 0.15) is 206 Å². The molecule has 39 heavy (non-hydrogen) atoms. The molecule has 1 aromatic heterocycles. The largest absolute Gasteiger partial charge is 0.256 e. The monoisotopic (exact) mass is 546 g/mol. The highest BCUT2D eigenvalue weighted by Crippen LogP contribution is 2.14. The Labute approximate surface area is 247 Å². The van der Waals surface area contributed by atoms with Gasteiger partial charge in [-0.3, -0.25) is 0 Å². The number of hydrogen-bond acceptors (Lipinski definition) is 0. The molecule has 0 amide bonds. The van der Waals surface area contributed by atoms with E-state index >= 15 is 0 Å². The van der Waals surface area contributed by atoms with Crippen LogP contribution in [0.3, 0.4) is 0 Å². The summed E-state index contributed by atoms with van der Waals surface area (Å²) in [6.07, 6.45) is 45.9. The van der Waals surface area contributed by atoms with Crippen molar-refractivity contribution in [3.63, 3.8) is 0 Å². The quantitative estimate of drug-likeness (QED) is 0.0648. The summed E-state index contributed by atoms with van der Waals surface area (Å²) < 4.78 is 5.24. The Morgan fingerprint density at radius 1 is 0.436 bits per heavy atom. The van der Waals surface area contributed by atoms with Crippen LogP contribution in [0.2, 0.25) is 0 Å². The lowest BCUT2D eigenvalue weighted by atomic mass is 10.1. The first kappa shape index (κ1) is 36.2. The minimum atomic E-state index is 1.23. The standard InChI is InChI=1S/C37H73N2/c1-4-7-10-13-15-17-19-21-23-25-28-31-34-39-36-35-38(37(39)32-29-26-12-9-6-3)33-30-27-24-22-20-18-16-14-11-8-5-2/h35-36H,4-34H2,1-3H3/q+1. The maximum absolute atomic E-state index is 2.62. The second kappa shape index (κ2) is 28.7. The molecule has 0 N–H and O–H groups in total. The molecule has 230 valence electrons. The van der Waals surface area contributed by atoms with Gasteiger partial charge in [0.2, 0.25) is 0 Å². The summed E-state index contributed by atoms with van der Waals surface area (Å²) in [6, 6.07) is 0. The summed E-state index contributed by atoms with van der Waals surface area (Å²) in [5.74, 6) is 1.61. The topological polar surface area (TPSA) is 8.81 Å². The van der Waals surface area contributed by atoms with Gasteiger partial charge in [0, 0.05) is 6.42 Å². The van der Waals surface area contributed by atoms with E-state index in [1.807, 2.05) is 0 Å². The predicted octanol–water partition coefficient (Wildman–Crippen LogP) is 12.3. The SMILES string of the molecule is CCCCCCCCCCCCCCn1cc[n+](CCCCCCCCCCCCC)c1CCCCCCC. The molecule has 1 heterocycles.